The first kappa shape index (κ1) is 24.8. The molecule has 4 rings (SSSR count). The molecule has 1 aromatic heterocycles. The molecule has 6 heteroatoms. The van der Waals surface area contributed by atoms with Gasteiger partial charge in [0.05, 0.1) is 10.2 Å². The average molecular weight is 486 g/mol. The number of carbonyl (C=O) groups excluding carboxylic acids is 2. The van der Waals surface area contributed by atoms with E-state index in [0.717, 1.165) is 35.4 Å². The molecule has 1 heterocycles. The highest BCUT2D eigenvalue weighted by atomic mass is 32.1. The minimum Gasteiger partial charge on any atom is -0.302 e. The minimum atomic E-state index is -0.107. The van der Waals surface area contributed by atoms with Gasteiger partial charge in [0.25, 0.3) is 5.91 Å². The van der Waals surface area contributed by atoms with Gasteiger partial charge in [-0.3, -0.25) is 14.5 Å². The van der Waals surface area contributed by atoms with E-state index in [9.17, 15) is 9.59 Å². The Kier molecular flexibility index (Phi) is 7.73. The molecule has 0 fully saturated rings. The molecular weight excluding hydrogens is 454 g/mol. The molecule has 3 aromatic carbocycles. The molecule has 0 aliphatic rings. The lowest BCUT2D eigenvalue weighted by Gasteiger charge is -2.24. The summed E-state index contributed by atoms with van der Waals surface area (Å²) in [5.74, 6) is -0.163. The highest BCUT2D eigenvalue weighted by Crippen LogP contribution is 2.32. The van der Waals surface area contributed by atoms with E-state index in [1.54, 1.807) is 52.6 Å². The van der Waals surface area contributed by atoms with Crippen molar-refractivity contribution in [1.82, 2.24) is 9.88 Å². The zero-order valence-corrected chi connectivity index (χ0v) is 21.6. The van der Waals surface area contributed by atoms with Crippen LogP contribution in [0.25, 0.3) is 10.2 Å². The summed E-state index contributed by atoms with van der Waals surface area (Å²) in [6, 6.07) is 20.3. The largest absolute Gasteiger partial charge is 0.302 e. The van der Waals surface area contributed by atoms with E-state index in [-0.39, 0.29) is 11.7 Å². The number of amides is 1. The number of benzene rings is 3. The standard InChI is InChI=1S/C29H31N3O2S/c1-5-31(6-2)18-19-32(29-30-26-21(4)20(3)12-17-25(26)35-29)28(34)24-15-13-23(14-16-24)27(33)22-10-8-7-9-11-22/h7-17H,5-6,18-19H2,1-4H3. The summed E-state index contributed by atoms with van der Waals surface area (Å²) in [7, 11) is 0. The number of rotatable bonds is 9. The van der Waals surface area contributed by atoms with E-state index in [4.69, 9.17) is 4.98 Å². The molecule has 0 unspecified atom stereocenters. The van der Waals surface area contributed by atoms with Crippen LogP contribution in [0, 0.1) is 13.8 Å². The predicted molar refractivity (Wildman–Crippen MR) is 145 cm³/mol. The van der Waals surface area contributed by atoms with Crippen LogP contribution in [-0.2, 0) is 0 Å². The van der Waals surface area contributed by atoms with Gasteiger partial charge in [0, 0.05) is 29.8 Å². The van der Waals surface area contributed by atoms with Crippen LogP contribution in [0.5, 0.6) is 0 Å². The Labute approximate surface area is 211 Å². The van der Waals surface area contributed by atoms with Crippen molar-refractivity contribution in [2.75, 3.05) is 31.1 Å². The van der Waals surface area contributed by atoms with Gasteiger partial charge in [0.1, 0.15) is 0 Å². The molecule has 5 nitrogen and oxygen atoms in total. The number of ketones is 1. The van der Waals surface area contributed by atoms with E-state index in [1.807, 2.05) is 18.2 Å². The number of likely N-dealkylation sites (N-methyl/N-ethyl adjacent to an activating group) is 1. The maximum absolute atomic E-state index is 13.7. The molecule has 0 saturated heterocycles. The lowest BCUT2D eigenvalue weighted by Crippen LogP contribution is -2.38. The topological polar surface area (TPSA) is 53.5 Å². The molecular formula is C29H31N3O2S. The molecule has 0 spiro atoms. The SMILES string of the molecule is CCN(CC)CCN(C(=O)c1ccc(C(=O)c2ccccc2)cc1)c1nc2c(C)c(C)ccc2s1. The highest BCUT2D eigenvalue weighted by molar-refractivity contribution is 7.22. The molecule has 0 aliphatic heterocycles. The Balaban J connectivity index is 1.64. The summed E-state index contributed by atoms with van der Waals surface area (Å²) >= 11 is 1.54. The Morgan fingerprint density at radius 2 is 1.43 bits per heavy atom. The monoisotopic (exact) mass is 485 g/mol. The van der Waals surface area contributed by atoms with Gasteiger partial charge < -0.3 is 4.90 Å². The summed E-state index contributed by atoms with van der Waals surface area (Å²) in [6.07, 6.45) is 0. The Morgan fingerprint density at radius 1 is 0.800 bits per heavy atom. The van der Waals surface area contributed by atoms with Crippen LogP contribution >= 0.6 is 11.3 Å². The van der Waals surface area contributed by atoms with E-state index < -0.39 is 0 Å². The summed E-state index contributed by atoms with van der Waals surface area (Å²) in [5, 5.41) is 0.704. The van der Waals surface area contributed by atoms with Crippen LogP contribution in [0.15, 0.2) is 66.7 Å². The summed E-state index contributed by atoms with van der Waals surface area (Å²) in [6.45, 7) is 11.6. The van der Waals surface area contributed by atoms with E-state index in [2.05, 4.69) is 44.7 Å². The van der Waals surface area contributed by atoms with Gasteiger partial charge in [0.15, 0.2) is 10.9 Å². The Morgan fingerprint density at radius 3 is 2.09 bits per heavy atom. The number of carbonyl (C=O) groups is 2. The maximum atomic E-state index is 13.7. The normalized spacial score (nSPS) is 11.2. The molecule has 4 aromatic rings. The lowest BCUT2D eigenvalue weighted by atomic mass is 10.0. The third-order valence-corrected chi connectivity index (χ3v) is 7.56. The van der Waals surface area contributed by atoms with Crippen molar-refractivity contribution in [2.45, 2.75) is 27.7 Å². The average Bonchev–Trinajstić information content (AvgIpc) is 3.33. The fourth-order valence-corrected chi connectivity index (χ4v) is 5.12. The third-order valence-electron chi connectivity index (χ3n) is 6.51. The number of fused-ring (bicyclic) bond motifs is 1. The molecule has 0 N–H and O–H groups in total. The molecule has 1 amide bonds. The molecule has 0 saturated carbocycles. The van der Waals surface area contributed by atoms with Crippen molar-refractivity contribution < 1.29 is 9.59 Å². The number of hydrogen-bond donors (Lipinski definition) is 0. The summed E-state index contributed by atoms with van der Waals surface area (Å²) in [4.78, 5) is 35.4. The first-order valence-corrected chi connectivity index (χ1v) is 12.8. The maximum Gasteiger partial charge on any atom is 0.260 e. The summed E-state index contributed by atoms with van der Waals surface area (Å²) in [5.41, 5.74) is 5.02. The van der Waals surface area contributed by atoms with Gasteiger partial charge in [-0.1, -0.05) is 73.7 Å². The Bertz CT molecular complexity index is 1330. The highest BCUT2D eigenvalue weighted by Gasteiger charge is 2.23. The second kappa shape index (κ2) is 10.9. The molecule has 0 atom stereocenters. The zero-order valence-electron chi connectivity index (χ0n) is 20.7. The first-order chi connectivity index (χ1) is 16.9. The third kappa shape index (κ3) is 5.34. The van der Waals surface area contributed by atoms with Crippen LogP contribution < -0.4 is 4.90 Å². The van der Waals surface area contributed by atoms with Gasteiger partial charge in [-0.15, -0.1) is 0 Å². The summed E-state index contributed by atoms with van der Waals surface area (Å²) < 4.78 is 1.08. The number of hydrogen-bond acceptors (Lipinski definition) is 5. The molecule has 0 bridgehead atoms. The van der Waals surface area contributed by atoms with Crippen molar-refractivity contribution in [3.63, 3.8) is 0 Å². The second-order valence-electron chi connectivity index (χ2n) is 8.61. The van der Waals surface area contributed by atoms with Gasteiger partial charge in [-0.25, -0.2) is 4.98 Å². The van der Waals surface area contributed by atoms with Gasteiger partial charge in [-0.2, -0.15) is 0 Å². The predicted octanol–water partition coefficient (Wildman–Crippen LogP) is 6.13. The lowest BCUT2D eigenvalue weighted by molar-refractivity contribution is 0.0981. The van der Waals surface area contributed by atoms with Crippen molar-refractivity contribution >= 4 is 38.4 Å². The molecule has 35 heavy (non-hydrogen) atoms. The van der Waals surface area contributed by atoms with Crippen LogP contribution in [-0.4, -0.2) is 47.8 Å². The Hall–Kier alpha value is -3.35. The van der Waals surface area contributed by atoms with Crippen molar-refractivity contribution in [3.05, 3.63) is 94.5 Å². The van der Waals surface area contributed by atoms with E-state index in [1.165, 1.54) is 5.56 Å². The van der Waals surface area contributed by atoms with Crippen LogP contribution in [0.1, 0.15) is 51.3 Å². The van der Waals surface area contributed by atoms with Crippen LogP contribution in [0.2, 0.25) is 0 Å². The minimum absolute atomic E-state index is 0.0555. The van der Waals surface area contributed by atoms with Crippen molar-refractivity contribution in [2.24, 2.45) is 0 Å². The smallest absolute Gasteiger partial charge is 0.260 e. The van der Waals surface area contributed by atoms with Crippen molar-refractivity contribution in [1.29, 1.82) is 0 Å². The van der Waals surface area contributed by atoms with E-state index >= 15 is 0 Å². The second-order valence-corrected chi connectivity index (χ2v) is 9.62. The quantitative estimate of drug-likeness (QED) is 0.268. The molecule has 0 radical (unpaired) electrons. The number of aromatic nitrogens is 1. The molecule has 0 aliphatic carbocycles. The fraction of sp³-hybridized carbons (Fsp3) is 0.276. The van der Waals surface area contributed by atoms with Gasteiger partial charge in [-0.05, 0) is 56.3 Å². The number of nitrogens with zero attached hydrogens (tertiary/aromatic N) is 3. The van der Waals surface area contributed by atoms with Crippen LogP contribution in [0.4, 0.5) is 5.13 Å². The van der Waals surface area contributed by atoms with Gasteiger partial charge in [0.2, 0.25) is 0 Å². The van der Waals surface area contributed by atoms with Crippen molar-refractivity contribution in [3.8, 4) is 0 Å². The van der Waals surface area contributed by atoms with E-state index in [0.29, 0.717) is 28.4 Å². The van der Waals surface area contributed by atoms with Gasteiger partial charge >= 0.3 is 0 Å². The van der Waals surface area contributed by atoms with Crippen LogP contribution in [0.3, 0.4) is 0 Å². The molecule has 180 valence electrons. The first-order valence-electron chi connectivity index (χ1n) is 12.0. The number of anilines is 1. The zero-order chi connectivity index (χ0) is 24.9. The fourth-order valence-electron chi connectivity index (χ4n) is 4.07. The number of thiazole rings is 1. The number of aryl methyl sites for hydroxylation is 2.